The molecule has 0 bridgehead atoms. The number of piperazine rings is 1. The molecule has 0 radical (unpaired) electrons. The Balaban J connectivity index is 1.82. The number of benzene rings is 1. The lowest BCUT2D eigenvalue weighted by molar-refractivity contribution is -0.136. The van der Waals surface area contributed by atoms with Gasteiger partial charge < -0.3 is 19.3 Å². The number of ether oxygens (including phenoxy) is 2. The van der Waals surface area contributed by atoms with E-state index >= 15 is 0 Å². The summed E-state index contributed by atoms with van der Waals surface area (Å²) < 4.78 is 10.3. The summed E-state index contributed by atoms with van der Waals surface area (Å²) in [6.45, 7) is 6.84. The van der Waals surface area contributed by atoms with E-state index in [1.807, 2.05) is 31.0 Å². The summed E-state index contributed by atoms with van der Waals surface area (Å²) >= 11 is 0. The molecule has 140 valence electrons. The van der Waals surface area contributed by atoms with Crippen molar-refractivity contribution in [1.29, 1.82) is 0 Å². The van der Waals surface area contributed by atoms with Gasteiger partial charge in [-0.25, -0.2) is 0 Å². The number of rotatable bonds is 8. The molecule has 0 spiro atoms. The van der Waals surface area contributed by atoms with Crippen LogP contribution in [0.1, 0.15) is 13.3 Å². The van der Waals surface area contributed by atoms with E-state index in [4.69, 9.17) is 9.47 Å². The van der Waals surface area contributed by atoms with Gasteiger partial charge in [0.1, 0.15) is 5.75 Å². The lowest BCUT2D eigenvalue weighted by Crippen LogP contribution is -2.53. The molecule has 1 unspecified atom stereocenters. The van der Waals surface area contributed by atoms with Crippen molar-refractivity contribution in [2.75, 3.05) is 65.5 Å². The van der Waals surface area contributed by atoms with E-state index in [0.29, 0.717) is 0 Å². The minimum absolute atomic E-state index is 0.0932. The van der Waals surface area contributed by atoms with Gasteiger partial charge in [-0.05, 0) is 44.7 Å². The molecule has 1 atom stereocenters. The predicted octanol–water partition coefficient (Wildman–Crippen LogP) is 1.70. The van der Waals surface area contributed by atoms with Gasteiger partial charge in [-0.1, -0.05) is 0 Å². The zero-order valence-corrected chi connectivity index (χ0v) is 15.9. The van der Waals surface area contributed by atoms with Gasteiger partial charge in [0.15, 0.2) is 0 Å². The topological polar surface area (TPSA) is 45.2 Å². The molecule has 1 aromatic carbocycles. The minimum Gasteiger partial charge on any atom is -0.497 e. The summed E-state index contributed by atoms with van der Waals surface area (Å²) in [6, 6.07) is 8.00. The molecular formula is C19H31N3O3. The molecule has 6 nitrogen and oxygen atoms in total. The van der Waals surface area contributed by atoms with Crippen molar-refractivity contribution in [3.8, 4) is 5.75 Å². The zero-order chi connectivity index (χ0) is 18.2. The van der Waals surface area contributed by atoms with Crippen LogP contribution in [0.25, 0.3) is 0 Å². The second-order valence-electron chi connectivity index (χ2n) is 6.51. The van der Waals surface area contributed by atoms with Gasteiger partial charge in [-0.2, -0.15) is 0 Å². The minimum atomic E-state index is -0.0932. The Hall–Kier alpha value is -1.79. The van der Waals surface area contributed by atoms with Crippen molar-refractivity contribution < 1.29 is 14.3 Å². The van der Waals surface area contributed by atoms with Crippen LogP contribution in [0.4, 0.5) is 5.69 Å². The van der Waals surface area contributed by atoms with Crippen LogP contribution < -0.4 is 9.64 Å². The average Bonchev–Trinajstić information content (AvgIpc) is 2.67. The first-order valence-corrected chi connectivity index (χ1v) is 8.93. The molecule has 0 aliphatic carbocycles. The molecule has 2 rings (SSSR count). The first kappa shape index (κ1) is 19.5. The molecule has 25 heavy (non-hydrogen) atoms. The standard InChI is InChI=1S/C19H31N3O3/c1-16(20(2)10-5-15-24-3)19(23)22-13-11-21(12-14-22)17-6-8-18(25-4)9-7-17/h6-9,16H,5,10-15H2,1-4H3. The third kappa shape index (κ3) is 5.34. The van der Waals surface area contributed by atoms with Crippen molar-refractivity contribution >= 4 is 11.6 Å². The maximum absolute atomic E-state index is 12.7. The second-order valence-corrected chi connectivity index (χ2v) is 6.51. The van der Waals surface area contributed by atoms with Gasteiger partial charge in [-0.15, -0.1) is 0 Å². The van der Waals surface area contributed by atoms with E-state index in [9.17, 15) is 4.79 Å². The SMILES string of the molecule is COCCCN(C)C(C)C(=O)N1CCN(c2ccc(OC)cc2)CC1. The highest BCUT2D eigenvalue weighted by molar-refractivity contribution is 5.81. The Morgan fingerprint density at radius 3 is 2.36 bits per heavy atom. The first-order valence-electron chi connectivity index (χ1n) is 8.93. The van der Waals surface area contributed by atoms with E-state index in [1.165, 1.54) is 5.69 Å². The molecule has 6 heteroatoms. The second kappa shape index (κ2) is 9.63. The summed E-state index contributed by atoms with van der Waals surface area (Å²) in [5.41, 5.74) is 1.18. The van der Waals surface area contributed by atoms with Crippen molar-refractivity contribution in [1.82, 2.24) is 9.80 Å². The van der Waals surface area contributed by atoms with Crippen molar-refractivity contribution in [3.05, 3.63) is 24.3 Å². The molecule has 1 amide bonds. The average molecular weight is 349 g/mol. The highest BCUT2D eigenvalue weighted by atomic mass is 16.5. The monoisotopic (exact) mass is 349 g/mol. The van der Waals surface area contributed by atoms with Gasteiger partial charge in [0.25, 0.3) is 0 Å². The quantitative estimate of drug-likeness (QED) is 0.669. The van der Waals surface area contributed by atoms with Gasteiger partial charge in [0, 0.05) is 52.1 Å². The molecular weight excluding hydrogens is 318 g/mol. The third-order valence-electron chi connectivity index (χ3n) is 4.91. The van der Waals surface area contributed by atoms with Crippen molar-refractivity contribution in [3.63, 3.8) is 0 Å². The number of anilines is 1. The third-order valence-corrected chi connectivity index (χ3v) is 4.91. The number of carbonyl (C=O) groups excluding carboxylic acids is 1. The summed E-state index contributed by atoms with van der Waals surface area (Å²) in [5, 5.41) is 0. The molecule has 0 saturated carbocycles. The summed E-state index contributed by atoms with van der Waals surface area (Å²) in [7, 11) is 5.38. The number of methoxy groups -OCH3 is 2. The van der Waals surface area contributed by atoms with E-state index in [2.05, 4.69) is 21.9 Å². The molecule has 0 aromatic heterocycles. The highest BCUT2D eigenvalue weighted by Crippen LogP contribution is 2.20. The van der Waals surface area contributed by atoms with Crippen molar-refractivity contribution in [2.45, 2.75) is 19.4 Å². The van der Waals surface area contributed by atoms with E-state index in [1.54, 1.807) is 14.2 Å². The molecule has 1 heterocycles. The predicted molar refractivity (Wildman–Crippen MR) is 100 cm³/mol. The Morgan fingerprint density at radius 2 is 1.80 bits per heavy atom. The van der Waals surface area contributed by atoms with Gasteiger partial charge in [0.05, 0.1) is 13.2 Å². The van der Waals surface area contributed by atoms with Crippen LogP contribution in [0, 0.1) is 0 Å². The lowest BCUT2D eigenvalue weighted by atomic mass is 10.2. The van der Waals surface area contributed by atoms with E-state index < -0.39 is 0 Å². The summed E-state index contributed by atoms with van der Waals surface area (Å²) in [4.78, 5) is 19.1. The summed E-state index contributed by atoms with van der Waals surface area (Å²) in [6.07, 6.45) is 0.940. The van der Waals surface area contributed by atoms with Gasteiger partial charge in [-0.3, -0.25) is 9.69 Å². The Morgan fingerprint density at radius 1 is 1.16 bits per heavy atom. The highest BCUT2D eigenvalue weighted by Gasteiger charge is 2.27. The maximum atomic E-state index is 12.7. The van der Waals surface area contributed by atoms with Crippen LogP contribution >= 0.6 is 0 Å². The van der Waals surface area contributed by atoms with Crippen LogP contribution in [-0.2, 0) is 9.53 Å². The zero-order valence-electron chi connectivity index (χ0n) is 15.9. The van der Waals surface area contributed by atoms with Crippen LogP contribution in [0.2, 0.25) is 0 Å². The number of hydrogen-bond acceptors (Lipinski definition) is 5. The number of nitrogens with zero attached hydrogens (tertiary/aromatic N) is 3. The largest absolute Gasteiger partial charge is 0.497 e. The first-order chi connectivity index (χ1) is 12.1. The van der Waals surface area contributed by atoms with Crippen LogP contribution in [0.15, 0.2) is 24.3 Å². The molecule has 1 aromatic rings. The van der Waals surface area contributed by atoms with E-state index in [0.717, 1.165) is 51.5 Å². The fourth-order valence-corrected chi connectivity index (χ4v) is 3.08. The van der Waals surface area contributed by atoms with Crippen LogP contribution in [0.3, 0.4) is 0 Å². The molecule has 1 aliphatic heterocycles. The number of amides is 1. The lowest BCUT2D eigenvalue weighted by Gasteiger charge is -2.38. The molecule has 0 N–H and O–H groups in total. The van der Waals surface area contributed by atoms with E-state index in [-0.39, 0.29) is 11.9 Å². The fraction of sp³-hybridized carbons (Fsp3) is 0.632. The molecule has 1 saturated heterocycles. The maximum Gasteiger partial charge on any atom is 0.239 e. The summed E-state index contributed by atoms with van der Waals surface area (Å²) in [5.74, 6) is 1.08. The van der Waals surface area contributed by atoms with Crippen LogP contribution in [-0.4, -0.2) is 82.3 Å². The van der Waals surface area contributed by atoms with Gasteiger partial charge in [0.2, 0.25) is 5.91 Å². The number of carbonyl (C=O) groups is 1. The Bertz CT molecular complexity index is 527. The Labute approximate surface area is 151 Å². The van der Waals surface area contributed by atoms with Crippen molar-refractivity contribution in [2.24, 2.45) is 0 Å². The fourth-order valence-electron chi connectivity index (χ4n) is 3.08. The Kier molecular flexibility index (Phi) is 7.52. The number of likely N-dealkylation sites (N-methyl/N-ethyl adjacent to an activating group) is 1. The normalized spacial score (nSPS) is 16.2. The molecule has 1 fully saturated rings. The smallest absolute Gasteiger partial charge is 0.239 e. The van der Waals surface area contributed by atoms with Crippen LogP contribution in [0.5, 0.6) is 5.75 Å². The molecule has 1 aliphatic rings. The number of hydrogen-bond donors (Lipinski definition) is 0. The van der Waals surface area contributed by atoms with Gasteiger partial charge >= 0.3 is 0 Å².